The summed E-state index contributed by atoms with van der Waals surface area (Å²) in [6.45, 7) is 12.6. The van der Waals surface area contributed by atoms with Gasteiger partial charge in [0.1, 0.15) is 0 Å². The molecule has 0 unspecified atom stereocenters. The highest BCUT2D eigenvalue weighted by atomic mass is 16.2. The van der Waals surface area contributed by atoms with Crippen molar-refractivity contribution in [3.05, 3.63) is 35.9 Å². The molecule has 0 saturated heterocycles. The molecule has 1 amide bonds. The van der Waals surface area contributed by atoms with Crippen LogP contribution in [0.5, 0.6) is 0 Å². The van der Waals surface area contributed by atoms with Crippen LogP contribution in [-0.4, -0.2) is 22.0 Å². The summed E-state index contributed by atoms with van der Waals surface area (Å²) in [5.74, 6) is 0.0682. The van der Waals surface area contributed by atoms with E-state index in [4.69, 9.17) is 0 Å². The molecule has 0 fully saturated rings. The number of rotatable bonds is 4. The van der Waals surface area contributed by atoms with Crippen LogP contribution in [0.2, 0.25) is 0 Å². The van der Waals surface area contributed by atoms with Crippen molar-refractivity contribution in [1.82, 2.24) is 10.4 Å². The zero-order chi connectivity index (χ0) is 15.4. The van der Waals surface area contributed by atoms with Crippen molar-refractivity contribution in [1.29, 1.82) is 0 Å². The van der Waals surface area contributed by atoms with Gasteiger partial charge in [-0.25, -0.2) is 5.01 Å². The number of carbonyl (C=O) groups excluding carboxylic acids is 1. The van der Waals surface area contributed by atoms with Crippen LogP contribution in [0.3, 0.4) is 0 Å². The minimum atomic E-state index is -0.110. The monoisotopic (exact) mass is 276 g/mol. The quantitative estimate of drug-likeness (QED) is 0.853. The van der Waals surface area contributed by atoms with Crippen molar-refractivity contribution >= 4 is 5.91 Å². The summed E-state index contributed by atoms with van der Waals surface area (Å²) in [6.07, 6.45) is 1.28. The number of amides is 1. The first-order chi connectivity index (χ1) is 9.10. The van der Waals surface area contributed by atoms with Crippen molar-refractivity contribution in [3.8, 4) is 0 Å². The number of hydrogen-bond acceptors (Lipinski definition) is 2. The summed E-state index contributed by atoms with van der Waals surface area (Å²) in [4.78, 5) is 12.2. The van der Waals surface area contributed by atoms with Crippen LogP contribution in [0.4, 0.5) is 0 Å². The lowest BCUT2D eigenvalue weighted by Crippen LogP contribution is -2.61. The molecule has 1 N–H and O–H groups in total. The maximum absolute atomic E-state index is 12.2. The molecule has 0 aliphatic carbocycles. The molecule has 0 aliphatic heterocycles. The Morgan fingerprint density at radius 1 is 1.00 bits per heavy atom. The van der Waals surface area contributed by atoms with Gasteiger partial charge in [-0.1, -0.05) is 30.3 Å². The molecule has 0 spiro atoms. The minimum Gasteiger partial charge on any atom is -0.288 e. The fourth-order valence-corrected chi connectivity index (χ4v) is 2.42. The van der Waals surface area contributed by atoms with Gasteiger partial charge in [-0.05, 0) is 53.5 Å². The highest BCUT2D eigenvalue weighted by Gasteiger charge is 2.32. The molecule has 0 aliphatic rings. The third kappa shape index (κ3) is 5.33. The van der Waals surface area contributed by atoms with Gasteiger partial charge in [0.15, 0.2) is 0 Å². The molecule has 0 radical (unpaired) electrons. The Balaban J connectivity index is 2.59. The van der Waals surface area contributed by atoms with Crippen LogP contribution in [0, 0.1) is 0 Å². The Hall–Kier alpha value is -1.35. The van der Waals surface area contributed by atoms with Gasteiger partial charge in [0.25, 0.3) is 0 Å². The van der Waals surface area contributed by atoms with Crippen LogP contribution < -0.4 is 5.43 Å². The third-order valence-corrected chi connectivity index (χ3v) is 3.06. The van der Waals surface area contributed by atoms with Gasteiger partial charge in [0.05, 0.1) is 0 Å². The average Bonchev–Trinajstić information content (AvgIpc) is 2.32. The molecule has 0 heterocycles. The minimum absolute atomic E-state index is 0.0682. The molecule has 1 aromatic carbocycles. The second-order valence-electron chi connectivity index (χ2n) is 7.20. The maximum atomic E-state index is 12.2. The number of nitrogens with one attached hydrogen (secondary N) is 1. The van der Waals surface area contributed by atoms with E-state index in [9.17, 15) is 4.79 Å². The van der Waals surface area contributed by atoms with Crippen LogP contribution in [0.15, 0.2) is 30.3 Å². The SMILES string of the molecule is CC(C)(C)N(NC(=O)CCc1ccccc1)C(C)(C)C. The summed E-state index contributed by atoms with van der Waals surface area (Å²) in [7, 11) is 0. The largest absolute Gasteiger partial charge is 0.288 e. The van der Waals surface area contributed by atoms with Crippen molar-refractivity contribution < 1.29 is 4.79 Å². The van der Waals surface area contributed by atoms with Gasteiger partial charge in [0.2, 0.25) is 5.91 Å². The zero-order valence-electron chi connectivity index (χ0n) is 13.7. The van der Waals surface area contributed by atoms with Gasteiger partial charge < -0.3 is 0 Å². The molecule has 3 heteroatoms. The average molecular weight is 276 g/mol. The first-order valence-electron chi connectivity index (χ1n) is 7.24. The number of hydrogen-bond donors (Lipinski definition) is 1. The van der Waals surface area contributed by atoms with Crippen LogP contribution in [0.25, 0.3) is 0 Å². The van der Waals surface area contributed by atoms with Crippen LogP contribution in [0.1, 0.15) is 53.5 Å². The Bertz CT molecular complexity index is 413. The van der Waals surface area contributed by atoms with E-state index in [1.807, 2.05) is 23.2 Å². The lowest BCUT2D eigenvalue weighted by molar-refractivity contribution is -0.133. The smallest absolute Gasteiger partial charge is 0.234 e. The molecular weight excluding hydrogens is 248 g/mol. The summed E-state index contributed by atoms with van der Waals surface area (Å²) in [6, 6.07) is 10.1. The topological polar surface area (TPSA) is 32.3 Å². The predicted molar refractivity (Wildman–Crippen MR) is 84.3 cm³/mol. The number of carbonyl (C=O) groups is 1. The lowest BCUT2D eigenvalue weighted by atomic mass is 9.99. The highest BCUT2D eigenvalue weighted by molar-refractivity contribution is 5.75. The summed E-state index contributed by atoms with van der Waals surface area (Å²) in [5, 5.41) is 2.04. The Morgan fingerprint density at radius 2 is 1.50 bits per heavy atom. The first kappa shape index (κ1) is 16.7. The first-order valence-corrected chi connectivity index (χ1v) is 7.24. The van der Waals surface area contributed by atoms with E-state index < -0.39 is 0 Å². The van der Waals surface area contributed by atoms with E-state index >= 15 is 0 Å². The second-order valence-corrected chi connectivity index (χ2v) is 7.20. The Morgan fingerprint density at radius 3 is 1.95 bits per heavy atom. The standard InChI is InChI=1S/C17H28N2O/c1-16(2,3)19(17(4,5)6)18-15(20)13-12-14-10-8-7-9-11-14/h7-11H,12-13H2,1-6H3,(H,18,20). The van der Waals surface area contributed by atoms with E-state index in [1.165, 1.54) is 5.56 Å². The fourth-order valence-electron chi connectivity index (χ4n) is 2.42. The van der Waals surface area contributed by atoms with E-state index in [2.05, 4.69) is 59.1 Å². The molecule has 0 saturated carbocycles. The predicted octanol–water partition coefficient (Wildman–Crippen LogP) is 3.55. The van der Waals surface area contributed by atoms with E-state index in [-0.39, 0.29) is 17.0 Å². The second kappa shape index (κ2) is 6.40. The number of aryl methyl sites for hydroxylation is 1. The van der Waals surface area contributed by atoms with Gasteiger partial charge in [-0.3, -0.25) is 10.2 Å². The van der Waals surface area contributed by atoms with Crippen molar-refractivity contribution in [2.24, 2.45) is 0 Å². The summed E-state index contributed by atoms with van der Waals surface area (Å²) >= 11 is 0. The van der Waals surface area contributed by atoms with Gasteiger partial charge in [-0.15, -0.1) is 0 Å². The van der Waals surface area contributed by atoms with Crippen molar-refractivity contribution in [2.45, 2.75) is 65.5 Å². The normalized spacial score (nSPS) is 12.6. The number of benzene rings is 1. The molecule has 112 valence electrons. The molecule has 0 bridgehead atoms. The third-order valence-electron chi connectivity index (χ3n) is 3.06. The summed E-state index contributed by atoms with van der Waals surface area (Å²) < 4.78 is 0. The van der Waals surface area contributed by atoms with E-state index in [0.29, 0.717) is 6.42 Å². The van der Waals surface area contributed by atoms with Crippen LogP contribution >= 0.6 is 0 Å². The lowest BCUT2D eigenvalue weighted by Gasteiger charge is -2.44. The van der Waals surface area contributed by atoms with E-state index in [1.54, 1.807) is 0 Å². The summed E-state index contributed by atoms with van der Waals surface area (Å²) in [5.41, 5.74) is 4.04. The molecule has 1 aromatic rings. The Kier molecular flexibility index (Phi) is 5.35. The van der Waals surface area contributed by atoms with Crippen molar-refractivity contribution in [2.75, 3.05) is 0 Å². The van der Waals surface area contributed by atoms with Gasteiger partial charge >= 0.3 is 0 Å². The molecule has 20 heavy (non-hydrogen) atoms. The number of hydrazine groups is 1. The van der Waals surface area contributed by atoms with Gasteiger partial charge in [0, 0.05) is 17.5 Å². The molecular formula is C17H28N2O. The Labute approximate surface area is 123 Å². The molecule has 0 aromatic heterocycles. The maximum Gasteiger partial charge on any atom is 0.234 e. The molecule has 3 nitrogen and oxygen atoms in total. The zero-order valence-corrected chi connectivity index (χ0v) is 13.7. The van der Waals surface area contributed by atoms with Crippen molar-refractivity contribution in [3.63, 3.8) is 0 Å². The fraction of sp³-hybridized carbons (Fsp3) is 0.588. The van der Waals surface area contributed by atoms with Gasteiger partial charge in [-0.2, -0.15) is 0 Å². The number of nitrogens with zero attached hydrogens (tertiary/aromatic N) is 1. The highest BCUT2D eigenvalue weighted by Crippen LogP contribution is 2.22. The molecule has 0 atom stereocenters. The molecule has 1 rings (SSSR count). The van der Waals surface area contributed by atoms with E-state index in [0.717, 1.165) is 6.42 Å². The van der Waals surface area contributed by atoms with Crippen LogP contribution in [-0.2, 0) is 11.2 Å².